The van der Waals surface area contributed by atoms with Crippen molar-refractivity contribution in [3.63, 3.8) is 0 Å². The lowest BCUT2D eigenvalue weighted by molar-refractivity contribution is -0.0228. The molecule has 4 heteroatoms. The number of rotatable bonds is 2. The molecule has 1 unspecified atom stereocenters. The van der Waals surface area contributed by atoms with Crippen molar-refractivity contribution in [3.8, 4) is 0 Å². The molecule has 2 aromatic rings. The van der Waals surface area contributed by atoms with Gasteiger partial charge in [0.2, 0.25) is 0 Å². The lowest BCUT2D eigenvalue weighted by Crippen LogP contribution is -2.42. The van der Waals surface area contributed by atoms with Gasteiger partial charge in [0.25, 0.3) is 5.91 Å². The molecule has 1 aliphatic heterocycles. The molecule has 1 heterocycles. The highest BCUT2D eigenvalue weighted by atomic mass is 19.1. The van der Waals surface area contributed by atoms with Crippen LogP contribution in [0, 0.1) is 12.7 Å². The Morgan fingerprint density at radius 2 is 1.95 bits per heavy atom. The summed E-state index contributed by atoms with van der Waals surface area (Å²) in [5.74, 6) is -0.486. The molecule has 0 spiro atoms. The van der Waals surface area contributed by atoms with Gasteiger partial charge in [0.1, 0.15) is 11.9 Å². The minimum Gasteiger partial charge on any atom is -0.370 e. The van der Waals surface area contributed by atoms with Crippen molar-refractivity contribution in [1.29, 1.82) is 0 Å². The highest BCUT2D eigenvalue weighted by molar-refractivity contribution is 5.95. The molecule has 1 atom stereocenters. The molecule has 3 nitrogen and oxygen atoms in total. The summed E-state index contributed by atoms with van der Waals surface area (Å²) in [6, 6.07) is 14.5. The van der Waals surface area contributed by atoms with E-state index in [0.717, 1.165) is 5.56 Å². The van der Waals surface area contributed by atoms with Crippen molar-refractivity contribution >= 4 is 5.91 Å². The average molecular weight is 299 g/mol. The maximum absolute atomic E-state index is 13.7. The summed E-state index contributed by atoms with van der Waals surface area (Å²) in [5.41, 5.74) is 1.87. The molecule has 1 aliphatic rings. The number of amides is 1. The third-order valence-corrected chi connectivity index (χ3v) is 4.02. The van der Waals surface area contributed by atoms with Crippen LogP contribution >= 0.6 is 0 Å². The molecule has 0 bridgehead atoms. The second-order valence-corrected chi connectivity index (χ2v) is 5.43. The number of halogens is 1. The van der Waals surface area contributed by atoms with E-state index >= 15 is 0 Å². The van der Waals surface area contributed by atoms with E-state index in [1.54, 1.807) is 24.0 Å². The van der Waals surface area contributed by atoms with Gasteiger partial charge in [0.15, 0.2) is 0 Å². The van der Waals surface area contributed by atoms with E-state index in [1.165, 1.54) is 6.07 Å². The Morgan fingerprint density at radius 3 is 2.73 bits per heavy atom. The first-order valence-electron chi connectivity index (χ1n) is 7.38. The third-order valence-electron chi connectivity index (χ3n) is 4.02. The second kappa shape index (κ2) is 6.28. The van der Waals surface area contributed by atoms with E-state index in [1.807, 2.05) is 30.3 Å². The fraction of sp³-hybridized carbons (Fsp3) is 0.278. The molecule has 1 amide bonds. The van der Waals surface area contributed by atoms with Crippen LogP contribution in [0.1, 0.15) is 27.6 Å². The number of morpholine rings is 1. The lowest BCUT2D eigenvalue weighted by Gasteiger charge is -2.33. The topological polar surface area (TPSA) is 29.5 Å². The van der Waals surface area contributed by atoms with Crippen LogP contribution in [0.3, 0.4) is 0 Å². The van der Waals surface area contributed by atoms with Gasteiger partial charge < -0.3 is 9.64 Å². The molecule has 3 rings (SSSR count). The maximum atomic E-state index is 13.7. The second-order valence-electron chi connectivity index (χ2n) is 5.43. The Labute approximate surface area is 129 Å². The standard InChI is InChI=1S/C18H18FNO2/c1-13-15(8-5-9-16(13)19)18(21)20-10-11-22-17(12-20)14-6-3-2-4-7-14/h2-9,17H,10-12H2,1H3. The van der Waals surface area contributed by atoms with E-state index in [0.29, 0.717) is 30.8 Å². The SMILES string of the molecule is Cc1c(F)cccc1C(=O)N1CCOC(c2ccccc2)C1. The molecule has 114 valence electrons. The predicted octanol–water partition coefficient (Wildman–Crippen LogP) is 3.35. The van der Waals surface area contributed by atoms with Gasteiger partial charge in [0, 0.05) is 12.1 Å². The first kappa shape index (κ1) is 14.7. The van der Waals surface area contributed by atoms with Crippen molar-refractivity contribution in [1.82, 2.24) is 4.90 Å². The van der Waals surface area contributed by atoms with Gasteiger partial charge in [-0.1, -0.05) is 36.4 Å². The van der Waals surface area contributed by atoms with Crippen LogP contribution < -0.4 is 0 Å². The monoisotopic (exact) mass is 299 g/mol. The minimum absolute atomic E-state index is 0.132. The fourth-order valence-electron chi connectivity index (χ4n) is 2.71. The molecule has 22 heavy (non-hydrogen) atoms. The normalized spacial score (nSPS) is 18.3. The van der Waals surface area contributed by atoms with E-state index in [9.17, 15) is 9.18 Å². The van der Waals surface area contributed by atoms with Gasteiger partial charge in [-0.3, -0.25) is 4.79 Å². The van der Waals surface area contributed by atoms with E-state index in [2.05, 4.69) is 0 Å². The molecule has 2 aromatic carbocycles. The van der Waals surface area contributed by atoms with Gasteiger partial charge in [-0.05, 0) is 30.2 Å². The molecule has 0 aromatic heterocycles. The van der Waals surface area contributed by atoms with Crippen LogP contribution in [-0.4, -0.2) is 30.5 Å². The maximum Gasteiger partial charge on any atom is 0.254 e. The van der Waals surface area contributed by atoms with Crippen LogP contribution in [0.4, 0.5) is 4.39 Å². The minimum atomic E-state index is -0.348. The summed E-state index contributed by atoms with van der Waals surface area (Å²) in [5, 5.41) is 0. The number of carbonyl (C=O) groups excluding carboxylic acids is 1. The summed E-state index contributed by atoms with van der Waals surface area (Å²) in [6.45, 7) is 3.13. The average Bonchev–Trinajstić information content (AvgIpc) is 2.58. The quantitative estimate of drug-likeness (QED) is 0.851. The molecule has 0 radical (unpaired) electrons. The van der Waals surface area contributed by atoms with E-state index in [-0.39, 0.29) is 17.8 Å². The van der Waals surface area contributed by atoms with Gasteiger partial charge in [-0.2, -0.15) is 0 Å². The molecule has 0 saturated carbocycles. The Balaban J connectivity index is 1.80. The first-order chi connectivity index (χ1) is 10.7. The number of nitrogens with zero attached hydrogens (tertiary/aromatic N) is 1. The van der Waals surface area contributed by atoms with Crippen LogP contribution in [-0.2, 0) is 4.74 Å². The number of benzene rings is 2. The van der Waals surface area contributed by atoms with Gasteiger partial charge in [-0.25, -0.2) is 4.39 Å². The molecule has 1 saturated heterocycles. The highest BCUT2D eigenvalue weighted by Gasteiger charge is 2.27. The molecule has 0 N–H and O–H groups in total. The van der Waals surface area contributed by atoms with Gasteiger partial charge in [-0.15, -0.1) is 0 Å². The van der Waals surface area contributed by atoms with E-state index in [4.69, 9.17) is 4.74 Å². The summed E-state index contributed by atoms with van der Waals surface area (Å²) in [7, 11) is 0. The van der Waals surface area contributed by atoms with Crippen LogP contribution in [0.5, 0.6) is 0 Å². The van der Waals surface area contributed by atoms with Crippen molar-refractivity contribution in [2.45, 2.75) is 13.0 Å². The van der Waals surface area contributed by atoms with Gasteiger partial charge in [0.05, 0.1) is 13.2 Å². The number of carbonyl (C=O) groups is 1. The Morgan fingerprint density at radius 1 is 1.18 bits per heavy atom. The van der Waals surface area contributed by atoms with Gasteiger partial charge >= 0.3 is 0 Å². The van der Waals surface area contributed by atoms with Crippen molar-refractivity contribution in [3.05, 3.63) is 71.0 Å². The number of hydrogen-bond acceptors (Lipinski definition) is 2. The predicted molar refractivity (Wildman–Crippen MR) is 82.2 cm³/mol. The molecule has 0 aliphatic carbocycles. The largest absolute Gasteiger partial charge is 0.370 e. The van der Waals surface area contributed by atoms with Crippen molar-refractivity contribution in [2.24, 2.45) is 0 Å². The Bertz CT molecular complexity index is 672. The molecular weight excluding hydrogens is 281 g/mol. The lowest BCUT2D eigenvalue weighted by atomic mass is 10.0. The number of hydrogen-bond donors (Lipinski definition) is 0. The zero-order chi connectivity index (χ0) is 15.5. The highest BCUT2D eigenvalue weighted by Crippen LogP contribution is 2.24. The first-order valence-corrected chi connectivity index (χ1v) is 7.38. The zero-order valence-electron chi connectivity index (χ0n) is 12.5. The Kier molecular flexibility index (Phi) is 4.20. The summed E-state index contributed by atoms with van der Waals surface area (Å²) in [4.78, 5) is 14.4. The van der Waals surface area contributed by atoms with Crippen LogP contribution in [0.15, 0.2) is 48.5 Å². The fourth-order valence-corrected chi connectivity index (χ4v) is 2.71. The number of ether oxygens (including phenoxy) is 1. The third kappa shape index (κ3) is 2.88. The van der Waals surface area contributed by atoms with E-state index < -0.39 is 0 Å². The van der Waals surface area contributed by atoms with Crippen molar-refractivity contribution in [2.75, 3.05) is 19.7 Å². The van der Waals surface area contributed by atoms with Crippen LogP contribution in [0.2, 0.25) is 0 Å². The summed E-state index contributed by atoms with van der Waals surface area (Å²) >= 11 is 0. The summed E-state index contributed by atoms with van der Waals surface area (Å²) < 4.78 is 19.4. The molecule has 1 fully saturated rings. The zero-order valence-corrected chi connectivity index (χ0v) is 12.5. The van der Waals surface area contributed by atoms with Crippen molar-refractivity contribution < 1.29 is 13.9 Å². The smallest absolute Gasteiger partial charge is 0.254 e. The summed E-state index contributed by atoms with van der Waals surface area (Å²) in [6.07, 6.45) is -0.132. The molecular formula is C18H18FNO2. The Hall–Kier alpha value is -2.20. The van der Waals surface area contributed by atoms with Crippen LogP contribution in [0.25, 0.3) is 0 Å².